The molecule has 0 aliphatic heterocycles. The van der Waals surface area contributed by atoms with Gasteiger partial charge in [0.1, 0.15) is 0 Å². The molecule has 4 nitrogen and oxygen atoms in total. The number of ether oxygens (including phenoxy) is 1. The average Bonchev–Trinajstić information content (AvgIpc) is 2.86. The maximum atomic E-state index is 5.04. The van der Waals surface area contributed by atoms with Gasteiger partial charge in [0, 0.05) is 38.7 Å². The lowest BCUT2D eigenvalue weighted by atomic mass is 10.2. The van der Waals surface area contributed by atoms with E-state index in [9.17, 15) is 0 Å². The van der Waals surface area contributed by atoms with Crippen molar-refractivity contribution in [1.82, 2.24) is 10.3 Å². The molecule has 0 amide bonds. The molecule has 1 N–H and O–H groups in total. The van der Waals surface area contributed by atoms with Crippen LogP contribution in [0.15, 0.2) is 30.3 Å². The first-order valence-corrected chi connectivity index (χ1v) is 7.93. The van der Waals surface area contributed by atoms with E-state index in [1.807, 2.05) is 6.07 Å². The lowest BCUT2D eigenvalue weighted by Gasteiger charge is -2.15. The van der Waals surface area contributed by atoms with Gasteiger partial charge in [0.25, 0.3) is 0 Å². The standard InChI is InChI=1S/C16H23N3OS/c1-13-15(11-17-9-10-20-3)21-16(18-13)19(2)12-14-7-5-4-6-8-14/h4-8,17H,9-12H2,1-3H3. The summed E-state index contributed by atoms with van der Waals surface area (Å²) in [5.41, 5.74) is 2.41. The molecule has 0 spiro atoms. The molecule has 114 valence electrons. The van der Waals surface area contributed by atoms with Crippen LogP contribution >= 0.6 is 11.3 Å². The lowest BCUT2D eigenvalue weighted by molar-refractivity contribution is 0.199. The Kier molecular flexibility index (Phi) is 6.17. The van der Waals surface area contributed by atoms with Gasteiger partial charge in [-0.1, -0.05) is 30.3 Å². The second kappa shape index (κ2) is 8.12. The highest BCUT2D eigenvalue weighted by molar-refractivity contribution is 7.15. The van der Waals surface area contributed by atoms with Gasteiger partial charge in [0.05, 0.1) is 12.3 Å². The monoisotopic (exact) mass is 305 g/mol. The van der Waals surface area contributed by atoms with Crippen molar-refractivity contribution in [3.63, 3.8) is 0 Å². The third-order valence-corrected chi connectivity index (χ3v) is 4.51. The van der Waals surface area contributed by atoms with Crippen LogP contribution in [0.5, 0.6) is 0 Å². The van der Waals surface area contributed by atoms with Crippen molar-refractivity contribution in [1.29, 1.82) is 0 Å². The van der Waals surface area contributed by atoms with E-state index in [4.69, 9.17) is 4.74 Å². The summed E-state index contributed by atoms with van der Waals surface area (Å²) in [4.78, 5) is 8.17. The third-order valence-electron chi connectivity index (χ3n) is 3.24. The van der Waals surface area contributed by atoms with Gasteiger partial charge in [0.2, 0.25) is 0 Å². The van der Waals surface area contributed by atoms with Gasteiger partial charge in [-0.3, -0.25) is 0 Å². The second-order valence-corrected chi connectivity index (χ2v) is 6.08. The Labute approximate surface area is 130 Å². The largest absolute Gasteiger partial charge is 0.383 e. The van der Waals surface area contributed by atoms with E-state index < -0.39 is 0 Å². The molecule has 1 heterocycles. The van der Waals surface area contributed by atoms with Crippen LogP contribution in [0.1, 0.15) is 16.1 Å². The lowest BCUT2D eigenvalue weighted by Crippen LogP contribution is -2.18. The maximum absolute atomic E-state index is 5.04. The van der Waals surface area contributed by atoms with E-state index in [0.29, 0.717) is 0 Å². The van der Waals surface area contributed by atoms with Gasteiger partial charge in [-0.15, -0.1) is 11.3 Å². The summed E-state index contributed by atoms with van der Waals surface area (Å²) in [5.74, 6) is 0. The molecule has 21 heavy (non-hydrogen) atoms. The molecule has 0 aliphatic carbocycles. The predicted molar refractivity (Wildman–Crippen MR) is 89.0 cm³/mol. The number of thiazole rings is 1. The number of benzene rings is 1. The van der Waals surface area contributed by atoms with Crippen molar-refractivity contribution < 1.29 is 4.74 Å². The minimum absolute atomic E-state index is 0.735. The zero-order valence-electron chi connectivity index (χ0n) is 12.9. The van der Waals surface area contributed by atoms with E-state index in [1.54, 1.807) is 18.4 Å². The molecular weight excluding hydrogens is 282 g/mol. The van der Waals surface area contributed by atoms with Crippen LogP contribution in [-0.2, 0) is 17.8 Å². The zero-order valence-corrected chi connectivity index (χ0v) is 13.7. The fraction of sp³-hybridized carbons (Fsp3) is 0.438. The van der Waals surface area contributed by atoms with Crippen molar-refractivity contribution in [2.24, 2.45) is 0 Å². The topological polar surface area (TPSA) is 37.4 Å². The number of hydrogen-bond donors (Lipinski definition) is 1. The summed E-state index contributed by atoms with van der Waals surface area (Å²) >= 11 is 1.76. The van der Waals surface area contributed by atoms with Crippen LogP contribution in [0.2, 0.25) is 0 Å². The first kappa shape index (κ1) is 15.9. The Morgan fingerprint density at radius 2 is 2.05 bits per heavy atom. The Hall–Kier alpha value is -1.43. The Morgan fingerprint density at radius 1 is 1.29 bits per heavy atom. The van der Waals surface area contributed by atoms with Crippen molar-refractivity contribution in [2.45, 2.75) is 20.0 Å². The normalized spacial score (nSPS) is 10.8. The number of anilines is 1. The molecule has 1 aromatic carbocycles. The maximum Gasteiger partial charge on any atom is 0.185 e. The smallest absolute Gasteiger partial charge is 0.185 e. The highest BCUT2D eigenvalue weighted by atomic mass is 32.1. The molecule has 0 unspecified atom stereocenters. The van der Waals surface area contributed by atoms with Gasteiger partial charge >= 0.3 is 0 Å². The number of hydrogen-bond acceptors (Lipinski definition) is 5. The van der Waals surface area contributed by atoms with Gasteiger partial charge in [0.15, 0.2) is 5.13 Å². The van der Waals surface area contributed by atoms with Gasteiger partial charge in [-0.2, -0.15) is 0 Å². The van der Waals surface area contributed by atoms with Gasteiger partial charge in [-0.25, -0.2) is 4.98 Å². The van der Waals surface area contributed by atoms with Crippen molar-refractivity contribution in [2.75, 3.05) is 32.2 Å². The molecule has 2 rings (SSSR count). The minimum atomic E-state index is 0.735. The predicted octanol–water partition coefficient (Wildman–Crippen LogP) is 2.82. The van der Waals surface area contributed by atoms with E-state index in [1.165, 1.54) is 10.4 Å². The second-order valence-electron chi connectivity index (χ2n) is 5.02. The number of nitrogens with one attached hydrogen (secondary N) is 1. The minimum Gasteiger partial charge on any atom is -0.383 e. The van der Waals surface area contributed by atoms with Crippen molar-refractivity contribution in [3.8, 4) is 0 Å². The van der Waals surface area contributed by atoms with Gasteiger partial charge < -0.3 is 15.0 Å². The Balaban J connectivity index is 1.94. The molecule has 0 saturated carbocycles. The highest BCUT2D eigenvalue weighted by Crippen LogP contribution is 2.26. The summed E-state index contributed by atoms with van der Waals surface area (Å²) in [7, 11) is 3.81. The zero-order chi connectivity index (χ0) is 15.1. The third kappa shape index (κ3) is 4.81. The number of nitrogens with zero attached hydrogens (tertiary/aromatic N) is 2. The molecule has 0 aliphatic rings. The van der Waals surface area contributed by atoms with E-state index in [-0.39, 0.29) is 0 Å². The van der Waals surface area contributed by atoms with E-state index in [0.717, 1.165) is 37.1 Å². The van der Waals surface area contributed by atoms with Crippen LogP contribution < -0.4 is 10.2 Å². The first-order chi connectivity index (χ1) is 10.2. The molecule has 2 aromatic rings. The quantitative estimate of drug-likeness (QED) is 0.761. The van der Waals surface area contributed by atoms with Crippen molar-refractivity contribution in [3.05, 3.63) is 46.5 Å². The molecule has 0 saturated heterocycles. The molecule has 1 aromatic heterocycles. The van der Waals surface area contributed by atoms with Crippen LogP contribution in [0.3, 0.4) is 0 Å². The highest BCUT2D eigenvalue weighted by Gasteiger charge is 2.11. The molecule has 5 heteroatoms. The van der Waals surface area contributed by atoms with E-state index in [2.05, 4.69) is 53.4 Å². The van der Waals surface area contributed by atoms with Crippen LogP contribution in [0, 0.1) is 6.92 Å². The van der Waals surface area contributed by atoms with Crippen LogP contribution in [-0.4, -0.2) is 32.3 Å². The number of rotatable bonds is 8. The average molecular weight is 305 g/mol. The first-order valence-electron chi connectivity index (χ1n) is 7.11. The Bertz CT molecular complexity index is 542. The number of methoxy groups -OCH3 is 1. The summed E-state index contributed by atoms with van der Waals surface area (Å²) in [5, 5.41) is 4.44. The molecule has 0 fully saturated rings. The van der Waals surface area contributed by atoms with Gasteiger partial charge in [-0.05, 0) is 12.5 Å². The Morgan fingerprint density at radius 3 is 2.76 bits per heavy atom. The van der Waals surface area contributed by atoms with E-state index >= 15 is 0 Å². The number of aromatic nitrogens is 1. The number of aryl methyl sites for hydroxylation is 1. The van der Waals surface area contributed by atoms with Crippen LogP contribution in [0.25, 0.3) is 0 Å². The molecule has 0 radical (unpaired) electrons. The molecular formula is C16H23N3OS. The summed E-state index contributed by atoms with van der Waals surface area (Å²) < 4.78 is 5.04. The summed E-state index contributed by atoms with van der Waals surface area (Å²) in [6, 6.07) is 10.5. The fourth-order valence-corrected chi connectivity index (χ4v) is 3.03. The molecule has 0 atom stereocenters. The fourth-order valence-electron chi connectivity index (χ4n) is 2.04. The molecule has 0 bridgehead atoms. The van der Waals surface area contributed by atoms with Crippen molar-refractivity contribution >= 4 is 16.5 Å². The summed E-state index contributed by atoms with van der Waals surface area (Å²) in [6.07, 6.45) is 0. The SMILES string of the molecule is COCCNCc1sc(N(C)Cc2ccccc2)nc1C. The summed E-state index contributed by atoms with van der Waals surface area (Å²) in [6.45, 7) is 5.40. The van der Waals surface area contributed by atoms with Crippen LogP contribution in [0.4, 0.5) is 5.13 Å².